The van der Waals surface area contributed by atoms with Crippen LogP contribution in [-0.2, 0) is 6.54 Å². The third-order valence-electron chi connectivity index (χ3n) is 4.71. The number of benzene rings is 1. The maximum atomic E-state index is 4.33. The van der Waals surface area contributed by atoms with Gasteiger partial charge in [0.25, 0.3) is 0 Å². The molecule has 1 atom stereocenters. The van der Waals surface area contributed by atoms with Crippen molar-refractivity contribution in [2.45, 2.75) is 38.3 Å². The van der Waals surface area contributed by atoms with Crippen molar-refractivity contribution in [2.75, 3.05) is 26.7 Å². The smallest absolute Gasteiger partial charge is 0.191 e. The molecule has 5 heteroatoms. The topological polar surface area (TPSA) is 39.7 Å². The highest BCUT2D eigenvalue weighted by molar-refractivity contribution is 14.0. The average molecular weight is 428 g/mol. The van der Waals surface area contributed by atoms with Crippen LogP contribution in [0.2, 0.25) is 0 Å². The molecule has 2 fully saturated rings. The van der Waals surface area contributed by atoms with Crippen LogP contribution in [0, 0.1) is 5.92 Å². The molecule has 128 valence electrons. The molecule has 0 aromatic heterocycles. The lowest BCUT2D eigenvalue weighted by molar-refractivity contribution is 0.245. The van der Waals surface area contributed by atoms with E-state index in [1.165, 1.54) is 37.8 Å². The summed E-state index contributed by atoms with van der Waals surface area (Å²) < 4.78 is 0. The first kappa shape index (κ1) is 18.5. The second kappa shape index (κ2) is 9.47. The first-order valence-corrected chi connectivity index (χ1v) is 8.57. The fourth-order valence-corrected chi connectivity index (χ4v) is 3.15. The molecule has 0 spiro atoms. The Kier molecular flexibility index (Phi) is 7.62. The largest absolute Gasteiger partial charge is 0.356 e. The second-order valence-electron chi connectivity index (χ2n) is 6.53. The van der Waals surface area contributed by atoms with Crippen molar-refractivity contribution < 1.29 is 0 Å². The first-order valence-electron chi connectivity index (χ1n) is 8.57. The lowest BCUT2D eigenvalue weighted by Gasteiger charge is -2.25. The molecule has 23 heavy (non-hydrogen) atoms. The normalized spacial score (nSPS) is 21.8. The van der Waals surface area contributed by atoms with Gasteiger partial charge >= 0.3 is 0 Å². The molecule has 1 aromatic rings. The van der Waals surface area contributed by atoms with Gasteiger partial charge in [0.2, 0.25) is 0 Å². The lowest BCUT2D eigenvalue weighted by Crippen LogP contribution is -2.45. The number of rotatable bonds is 6. The minimum absolute atomic E-state index is 0. The summed E-state index contributed by atoms with van der Waals surface area (Å²) in [5.41, 5.74) is 1.41. The van der Waals surface area contributed by atoms with Gasteiger partial charge in [-0.2, -0.15) is 0 Å². The molecule has 1 aromatic carbocycles. The average Bonchev–Trinajstić information content (AvgIpc) is 3.28. The summed E-state index contributed by atoms with van der Waals surface area (Å²) in [7, 11) is 1.86. The molecule has 1 heterocycles. The van der Waals surface area contributed by atoms with E-state index in [9.17, 15) is 0 Å². The summed E-state index contributed by atoms with van der Waals surface area (Å²) in [5.74, 6) is 1.83. The Morgan fingerprint density at radius 2 is 1.87 bits per heavy atom. The molecule has 0 radical (unpaired) electrons. The Morgan fingerprint density at radius 3 is 2.57 bits per heavy atom. The third kappa shape index (κ3) is 5.95. The highest BCUT2D eigenvalue weighted by Crippen LogP contribution is 2.27. The van der Waals surface area contributed by atoms with Crippen LogP contribution in [0.3, 0.4) is 0 Å². The van der Waals surface area contributed by atoms with Gasteiger partial charge in [-0.1, -0.05) is 30.3 Å². The number of aliphatic imine (C=N–C) groups is 1. The SMILES string of the molecule is CN=C(NCC1CC1)NCC1CCCN1Cc1ccccc1.I. The monoisotopic (exact) mass is 428 g/mol. The standard InChI is InChI=1S/C18H28N4.HI/c1-19-18(20-12-15-9-10-15)21-13-17-8-5-11-22(17)14-16-6-3-2-4-7-16;/h2-4,6-7,15,17H,5,8-14H2,1H3,(H2,19,20,21);1H. The maximum Gasteiger partial charge on any atom is 0.191 e. The van der Waals surface area contributed by atoms with Crippen molar-refractivity contribution in [3.05, 3.63) is 35.9 Å². The molecular weight excluding hydrogens is 399 g/mol. The van der Waals surface area contributed by atoms with Gasteiger partial charge in [-0.3, -0.25) is 9.89 Å². The molecule has 1 aliphatic heterocycles. The maximum absolute atomic E-state index is 4.33. The fraction of sp³-hybridized carbons (Fsp3) is 0.611. The number of hydrogen-bond acceptors (Lipinski definition) is 2. The van der Waals surface area contributed by atoms with E-state index in [-0.39, 0.29) is 24.0 Å². The zero-order valence-corrected chi connectivity index (χ0v) is 16.3. The number of guanidine groups is 1. The van der Waals surface area contributed by atoms with E-state index in [1.807, 2.05) is 7.05 Å². The van der Waals surface area contributed by atoms with Crippen molar-refractivity contribution in [3.63, 3.8) is 0 Å². The highest BCUT2D eigenvalue weighted by atomic mass is 127. The van der Waals surface area contributed by atoms with Gasteiger partial charge in [0.1, 0.15) is 0 Å². The third-order valence-corrected chi connectivity index (χ3v) is 4.71. The highest BCUT2D eigenvalue weighted by Gasteiger charge is 2.25. The summed E-state index contributed by atoms with van der Waals surface area (Å²) in [6.45, 7) is 4.31. The summed E-state index contributed by atoms with van der Waals surface area (Å²) in [4.78, 5) is 6.93. The first-order chi connectivity index (χ1) is 10.8. The minimum atomic E-state index is 0. The quantitative estimate of drug-likeness (QED) is 0.416. The van der Waals surface area contributed by atoms with Gasteiger partial charge in [-0.15, -0.1) is 24.0 Å². The number of likely N-dealkylation sites (tertiary alicyclic amines) is 1. The van der Waals surface area contributed by atoms with Crippen LogP contribution in [0.4, 0.5) is 0 Å². The van der Waals surface area contributed by atoms with Crippen LogP contribution >= 0.6 is 24.0 Å². The molecule has 2 aliphatic rings. The Labute approximate surface area is 157 Å². The summed E-state index contributed by atoms with van der Waals surface area (Å²) in [6, 6.07) is 11.4. The zero-order chi connectivity index (χ0) is 15.2. The number of nitrogens with one attached hydrogen (secondary N) is 2. The van der Waals surface area contributed by atoms with Crippen LogP contribution in [0.25, 0.3) is 0 Å². The lowest BCUT2D eigenvalue weighted by atomic mass is 10.2. The summed E-state index contributed by atoms with van der Waals surface area (Å²) >= 11 is 0. The molecule has 1 saturated heterocycles. The van der Waals surface area contributed by atoms with Gasteiger partial charge in [-0.25, -0.2) is 0 Å². The van der Waals surface area contributed by atoms with Crippen molar-refractivity contribution in [1.82, 2.24) is 15.5 Å². The van der Waals surface area contributed by atoms with E-state index in [1.54, 1.807) is 0 Å². The second-order valence-corrected chi connectivity index (χ2v) is 6.53. The van der Waals surface area contributed by atoms with Gasteiger partial charge < -0.3 is 10.6 Å². The Bertz CT molecular complexity index is 487. The van der Waals surface area contributed by atoms with Crippen LogP contribution < -0.4 is 10.6 Å². The van der Waals surface area contributed by atoms with E-state index < -0.39 is 0 Å². The number of nitrogens with zero attached hydrogens (tertiary/aromatic N) is 2. The van der Waals surface area contributed by atoms with Crippen LogP contribution in [0.1, 0.15) is 31.2 Å². The summed E-state index contributed by atoms with van der Waals surface area (Å²) in [5, 5.41) is 6.95. The molecule has 1 saturated carbocycles. The minimum Gasteiger partial charge on any atom is -0.356 e. The van der Waals surface area contributed by atoms with Gasteiger partial charge in [-0.05, 0) is 43.7 Å². The molecule has 0 bridgehead atoms. The van der Waals surface area contributed by atoms with Crippen LogP contribution in [0.15, 0.2) is 35.3 Å². The fourth-order valence-electron chi connectivity index (χ4n) is 3.15. The molecule has 1 aliphatic carbocycles. The van der Waals surface area contributed by atoms with Crippen LogP contribution in [-0.4, -0.2) is 43.6 Å². The van der Waals surface area contributed by atoms with Crippen molar-refractivity contribution in [3.8, 4) is 0 Å². The Hall–Kier alpha value is -0.820. The van der Waals surface area contributed by atoms with Crippen LogP contribution in [0.5, 0.6) is 0 Å². The van der Waals surface area contributed by atoms with E-state index in [4.69, 9.17) is 0 Å². The molecule has 4 nitrogen and oxygen atoms in total. The predicted octanol–water partition coefficient (Wildman–Crippen LogP) is 2.84. The molecular formula is C18H29IN4. The predicted molar refractivity (Wildman–Crippen MR) is 107 cm³/mol. The Morgan fingerprint density at radius 1 is 1.13 bits per heavy atom. The van der Waals surface area contributed by atoms with E-state index >= 15 is 0 Å². The summed E-state index contributed by atoms with van der Waals surface area (Å²) in [6.07, 6.45) is 5.32. The number of halogens is 1. The zero-order valence-electron chi connectivity index (χ0n) is 14.0. The Balaban J connectivity index is 0.00000192. The van der Waals surface area contributed by atoms with E-state index in [0.29, 0.717) is 6.04 Å². The van der Waals surface area contributed by atoms with E-state index in [2.05, 4.69) is 50.9 Å². The van der Waals surface area contributed by atoms with E-state index in [0.717, 1.165) is 31.5 Å². The number of hydrogen-bond donors (Lipinski definition) is 2. The molecule has 0 amide bonds. The van der Waals surface area contributed by atoms with Gasteiger partial charge in [0.05, 0.1) is 0 Å². The van der Waals surface area contributed by atoms with Gasteiger partial charge in [0.15, 0.2) is 5.96 Å². The van der Waals surface area contributed by atoms with Crippen molar-refractivity contribution in [1.29, 1.82) is 0 Å². The van der Waals surface area contributed by atoms with Crippen molar-refractivity contribution in [2.24, 2.45) is 10.9 Å². The molecule has 3 rings (SSSR count). The van der Waals surface area contributed by atoms with Gasteiger partial charge in [0, 0.05) is 32.7 Å². The molecule has 1 unspecified atom stereocenters. The molecule has 2 N–H and O–H groups in total. The van der Waals surface area contributed by atoms with Crippen molar-refractivity contribution >= 4 is 29.9 Å².